The van der Waals surface area contributed by atoms with Crippen LogP contribution in [-0.2, 0) is 11.2 Å². The van der Waals surface area contributed by atoms with Crippen molar-refractivity contribution < 1.29 is 4.74 Å². The molecule has 0 spiro atoms. The zero-order valence-corrected chi connectivity index (χ0v) is 11.7. The molecule has 1 aromatic rings. The number of ether oxygens (including phenoxy) is 1. The zero-order valence-electron chi connectivity index (χ0n) is 11.7. The summed E-state index contributed by atoms with van der Waals surface area (Å²) in [5.74, 6) is 1.75. The molecule has 2 nitrogen and oxygen atoms in total. The molecular weight excluding hydrogens is 234 g/mol. The van der Waals surface area contributed by atoms with Gasteiger partial charge in [0.1, 0.15) is 5.76 Å². The summed E-state index contributed by atoms with van der Waals surface area (Å²) in [5, 5.41) is 3.64. The average Bonchev–Trinajstić information content (AvgIpc) is 2.89. The van der Waals surface area contributed by atoms with E-state index in [1.165, 1.54) is 29.7 Å². The van der Waals surface area contributed by atoms with E-state index in [4.69, 9.17) is 4.74 Å². The first kappa shape index (κ1) is 12.7. The molecule has 0 fully saturated rings. The summed E-state index contributed by atoms with van der Waals surface area (Å²) in [4.78, 5) is 0. The first-order valence-corrected chi connectivity index (χ1v) is 7.54. The van der Waals surface area contributed by atoms with Gasteiger partial charge in [-0.25, -0.2) is 0 Å². The lowest BCUT2D eigenvalue weighted by Gasteiger charge is -2.29. The molecule has 0 saturated carbocycles. The van der Waals surface area contributed by atoms with Crippen LogP contribution in [0.15, 0.2) is 36.1 Å². The minimum absolute atomic E-state index is 0.356. The van der Waals surface area contributed by atoms with Gasteiger partial charge in [0.2, 0.25) is 0 Å². The van der Waals surface area contributed by atoms with Crippen LogP contribution in [-0.4, -0.2) is 19.2 Å². The number of nitrogens with one attached hydrogen (secondary N) is 1. The van der Waals surface area contributed by atoms with E-state index in [-0.39, 0.29) is 0 Å². The number of rotatable bonds is 4. The number of fused-ring (bicyclic) bond motifs is 1. The molecule has 0 radical (unpaired) electrons. The Bertz CT molecular complexity index is 466. The van der Waals surface area contributed by atoms with Crippen molar-refractivity contribution in [1.29, 1.82) is 0 Å². The standard InChI is InChI=1S/C17H23NO/c1-2-18-17(16-9-5-6-12-19-16)15-11-10-13-7-3-4-8-14(13)15/h3-4,7-9,15,17-18H,2,5-6,10-12H2,1H3. The summed E-state index contributed by atoms with van der Waals surface area (Å²) in [6.45, 7) is 4.05. The lowest BCUT2D eigenvalue weighted by molar-refractivity contribution is 0.160. The summed E-state index contributed by atoms with van der Waals surface area (Å²) in [6, 6.07) is 9.24. The SMILES string of the molecule is CCNC(C1=CCCCO1)C1CCc2ccccc21. The van der Waals surface area contributed by atoms with E-state index >= 15 is 0 Å². The summed E-state index contributed by atoms with van der Waals surface area (Å²) in [5.41, 5.74) is 3.04. The Hall–Kier alpha value is -1.28. The molecule has 102 valence electrons. The van der Waals surface area contributed by atoms with E-state index in [9.17, 15) is 0 Å². The predicted molar refractivity (Wildman–Crippen MR) is 78.2 cm³/mol. The van der Waals surface area contributed by atoms with Gasteiger partial charge in [-0.15, -0.1) is 0 Å². The van der Waals surface area contributed by atoms with Crippen LogP contribution in [0, 0.1) is 0 Å². The average molecular weight is 257 g/mol. The minimum Gasteiger partial charge on any atom is -0.497 e. The van der Waals surface area contributed by atoms with Crippen molar-refractivity contribution in [1.82, 2.24) is 5.32 Å². The van der Waals surface area contributed by atoms with Crippen LogP contribution in [0.3, 0.4) is 0 Å². The maximum absolute atomic E-state index is 5.92. The molecule has 2 aliphatic rings. The van der Waals surface area contributed by atoms with E-state index in [1.54, 1.807) is 0 Å². The molecule has 0 amide bonds. The molecule has 1 aliphatic heterocycles. The van der Waals surface area contributed by atoms with E-state index in [0.717, 1.165) is 26.0 Å². The van der Waals surface area contributed by atoms with Crippen LogP contribution < -0.4 is 5.32 Å². The number of hydrogen-bond donors (Lipinski definition) is 1. The lowest BCUT2D eigenvalue weighted by Crippen LogP contribution is -2.37. The maximum atomic E-state index is 5.92. The molecule has 2 heteroatoms. The van der Waals surface area contributed by atoms with Gasteiger partial charge in [0.25, 0.3) is 0 Å². The molecule has 1 heterocycles. The molecule has 0 bridgehead atoms. The zero-order chi connectivity index (χ0) is 13.1. The van der Waals surface area contributed by atoms with Crippen LogP contribution in [0.5, 0.6) is 0 Å². The third kappa shape index (κ3) is 2.55. The van der Waals surface area contributed by atoms with Gasteiger partial charge >= 0.3 is 0 Å². The van der Waals surface area contributed by atoms with Gasteiger partial charge in [0.15, 0.2) is 0 Å². The molecule has 1 aliphatic carbocycles. The van der Waals surface area contributed by atoms with Crippen molar-refractivity contribution in [3.8, 4) is 0 Å². The van der Waals surface area contributed by atoms with Gasteiger partial charge in [-0.2, -0.15) is 0 Å². The first-order valence-electron chi connectivity index (χ1n) is 7.54. The van der Waals surface area contributed by atoms with Gasteiger partial charge in [-0.1, -0.05) is 31.2 Å². The number of allylic oxidation sites excluding steroid dienone is 1. The monoisotopic (exact) mass is 257 g/mol. The second-order valence-electron chi connectivity index (χ2n) is 5.48. The van der Waals surface area contributed by atoms with Gasteiger partial charge in [0, 0.05) is 5.92 Å². The Kier molecular flexibility index (Phi) is 3.88. The number of benzene rings is 1. The smallest absolute Gasteiger partial charge is 0.110 e. The molecular formula is C17H23NO. The van der Waals surface area contributed by atoms with E-state index in [0.29, 0.717) is 12.0 Å². The van der Waals surface area contributed by atoms with Crippen LogP contribution >= 0.6 is 0 Å². The molecule has 2 unspecified atom stereocenters. The highest BCUT2D eigenvalue weighted by Crippen LogP contribution is 2.38. The van der Waals surface area contributed by atoms with Gasteiger partial charge in [0.05, 0.1) is 12.6 Å². The number of hydrogen-bond acceptors (Lipinski definition) is 2. The third-order valence-electron chi connectivity index (χ3n) is 4.27. The molecule has 1 aromatic carbocycles. The Labute approximate surface area is 115 Å². The molecule has 3 rings (SSSR count). The fraction of sp³-hybridized carbons (Fsp3) is 0.529. The van der Waals surface area contributed by atoms with E-state index in [1.807, 2.05) is 0 Å². The Balaban J connectivity index is 1.87. The summed E-state index contributed by atoms with van der Waals surface area (Å²) >= 11 is 0. The number of likely N-dealkylation sites (N-methyl/N-ethyl adjacent to an activating group) is 1. The largest absolute Gasteiger partial charge is 0.497 e. The number of aryl methyl sites for hydroxylation is 1. The second kappa shape index (κ2) is 5.79. The van der Waals surface area contributed by atoms with Crippen LogP contribution in [0.1, 0.15) is 43.2 Å². The predicted octanol–water partition coefficient (Wildman–Crippen LogP) is 3.39. The maximum Gasteiger partial charge on any atom is 0.110 e. The normalized spacial score (nSPS) is 23.4. The Morgan fingerprint density at radius 1 is 1.37 bits per heavy atom. The topological polar surface area (TPSA) is 21.3 Å². The van der Waals surface area contributed by atoms with Crippen molar-refractivity contribution in [3.63, 3.8) is 0 Å². The summed E-state index contributed by atoms with van der Waals surface area (Å²) in [6.07, 6.45) is 7.04. The highest BCUT2D eigenvalue weighted by molar-refractivity contribution is 5.37. The highest BCUT2D eigenvalue weighted by atomic mass is 16.5. The van der Waals surface area contributed by atoms with Crippen molar-refractivity contribution >= 4 is 0 Å². The third-order valence-corrected chi connectivity index (χ3v) is 4.27. The van der Waals surface area contributed by atoms with Crippen molar-refractivity contribution in [2.24, 2.45) is 0 Å². The van der Waals surface area contributed by atoms with Crippen molar-refractivity contribution in [2.45, 2.75) is 44.6 Å². The van der Waals surface area contributed by atoms with Crippen molar-refractivity contribution in [3.05, 3.63) is 47.2 Å². The highest BCUT2D eigenvalue weighted by Gasteiger charge is 2.32. The molecule has 1 N–H and O–H groups in total. The Morgan fingerprint density at radius 2 is 2.26 bits per heavy atom. The van der Waals surface area contributed by atoms with Gasteiger partial charge in [-0.3, -0.25) is 0 Å². The summed E-state index contributed by atoms with van der Waals surface area (Å²) < 4.78 is 5.92. The molecule has 2 atom stereocenters. The minimum atomic E-state index is 0.356. The van der Waals surface area contributed by atoms with E-state index in [2.05, 4.69) is 42.6 Å². The van der Waals surface area contributed by atoms with Crippen molar-refractivity contribution in [2.75, 3.05) is 13.2 Å². The second-order valence-corrected chi connectivity index (χ2v) is 5.48. The quantitative estimate of drug-likeness (QED) is 0.892. The van der Waals surface area contributed by atoms with Crippen LogP contribution in [0.4, 0.5) is 0 Å². The van der Waals surface area contributed by atoms with Crippen LogP contribution in [0.2, 0.25) is 0 Å². The Morgan fingerprint density at radius 3 is 3.05 bits per heavy atom. The van der Waals surface area contributed by atoms with Crippen LogP contribution in [0.25, 0.3) is 0 Å². The molecule has 0 aromatic heterocycles. The summed E-state index contributed by atoms with van der Waals surface area (Å²) in [7, 11) is 0. The molecule has 0 saturated heterocycles. The van der Waals surface area contributed by atoms with Gasteiger partial charge < -0.3 is 10.1 Å². The van der Waals surface area contributed by atoms with E-state index < -0.39 is 0 Å². The fourth-order valence-corrected chi connectivity index (χ4v) is 3.39. The van der Waals surface area contributed by atoms with Gasteiger partial charge in [-0.05, 0) is 49.4 Å². The molecule has 19 heavy (non-hydrogen) atoms. The fourth-order valence-electron chi connectivity index (χ4n) is 3.39. The first-order chi connectivity index (χ1) is 9.40. The lowest BCUT2D eigenvalue weighted by atomic mass is 9.90.